The second kappa shape index (κ2) is 11.5. The maximum Gasteiger partial charge on any atom is 0.416 e. The van der Waals surface area contributed by atoms with Crippen LogP contribution in [0.15, 0.2) is 40.3 Å². The number of rotatable bonds is 7. The molecule has 4 rings (SSSR count). The Kier molecular flexibility index (Phi) is 8.80. The molecule has 3 aromatic rings. The lowest BCUT2D eigenvalue weighted by molar-refractivity contribution is -0.138. The van der Waals surface area contributed by atoms with Gasteiger partial charge in [-0.3, -0.25) is 19.2 Å². The van der Waals surface area contributed by atoms with Crippen molar-refractivity contribution in [1.82, 2.24) is 19.4 Å². The number of hydrogen-bond acceptors (Lipinski definition) is 5. The Bertz CT molecular complexity index is 1340. The van der Waals surface area contributed by atoms with E-state index in [1.807, 2.05) is 17.9 Å². The Morgan fingerprint density at radius 2 is 1.78 bits per heavy atom. The van der Waals surface area contributed by atoms with E-state index in [1.54, 1.807) is 23.9 Å². The summed E-state index contributed by atoms with van der Waals surface area (Å²) in [7, 11) is 0. The van der Waals surface area contributed by atoms with Crippen LogP contribution < -0.4 is 5.56 Å². The molecule has 0 saturated carbocycles. The van der Waals surface area contributed by atoms with Crippen molar-refractivity contribution in [3.8, 4) is 0 Å². The number of alkyl halides is 3. The molecule has 0 N–H and O–H groups in total. The van der Waals surface area contributed by atoms with Crippen molar-refractivity contribution >= 4 is 45.9 Å². The third-order valence-electron chi connectivity index (χ3n) is 6.65. The van der Waals surface area contributed by atoms with Gasteiger partial charge in [0.15, 0.2) is 0 Å². The van der Waals surface area contributed by atoms with E-state index >= 15 is 0 Å². The van der Waals surface area contributed by atoms with Crippen LogP contribution in [-0.2, 0) is 19.3 Å². The zero-order valence-electron chi connectivity index (χ0n) is 20.9. The lowest BCUT2D eigenvalue weighted by Crippen LogP contribution is -2.48. The summed E-state index contributed by atoms with van der Waals surface area (Å²) in [6.07, 6.45) is -3.33. The first-order valence-electron chi connectivity index (χ1n) is 12.1. The molecule has 1 aromatic heterocycles. The van der Waals surface area contributed by atoms with Gasteiger partial charge in [-0.05, 0) is 55.0 Å². The van der Waals surface area contributed by atoms with Gasteiger partial charge in [-0.1, -0.05) is 30.1 Å². The van der Waals surface area contributed by atoms with Crippen LogP contribution in [0, 0.1) is 0 Å². The third kappa shape index (κ3) is 6.28. The number of thioether (sulfide) groups is 1. The van der Waals surface area contributed by atoms with Gasteiger partial charge in [-0.25, -0.2) is 4.98 Å². The summed E-state index contributed by atoms with van der Waals surface area (Å²) < 4.78 is 43.9. The van der Waals surface area contributed by atoms with Crippen molar-refractivity contribution in [1.29, 1.82) is 0 Å². The Morgan fingerprint density at radius 3 is 2.41 bits per heavy atom. The van der Waals surface area contributed by atoms with Crippen LogP contribution in [0.3, 0.4) is 0 Å². The minimum atomic E-state index is -4.67. The molecule has 0 bridgehead atoms. The summed E-state index contributed by atoms with van der Waals surface area (Å²) in [5.41, 5.74) is -0.636. The second-order valence-corrected chi connectivity index (χ2v) is 11.5. The Balaban J connectivity index is 1.73. The van der Waals surface area contributed by atoms with Crippen molar-refractivity contribution in [3.05, 3.63) is 67.7 Å². The van der Waals surface area contributed by atoms with E-state index in [9.17, 15) is 18.0 Å². The SMILES string of the molecule is CCSc1ccc(Cl)cc1Cn1cnc2c(Cl)c(CN3CCN(C(C)C)CC3)c(C(F)(F)F)cc2c1=O. The van der Waals surface area contributed by atoms with Gasteiger partial charge in [0.25, 0.3) is 5.56 Å². The fraction of sp³-hybridized carbons (Fsp3) is 0.462. The van der Waals surface area contributed by atoms with Crippen molar-refractivity contribution in [2.75, 3.05) is 31.9 Å². The Labute approximate surface area is 228 Å². The molecule has 1 aliphatic heterocycles. The highest BCUT2D eigenvalue weighted by Crippen LogP contribution is 2.39. The molecule has 5 nitrogen and oxygen atoms in total. The van der Waals surface area contributed by atoms with Gasteiger partial charge >= 0.3 is 6.18 Å². The standard InChI is InChI=1S/C26H29Cl2F3N4OS/c1-4-37-22-6-5-18(27)11-17(22)13-35-15-32-24-19(25(35)36)12-21(26(29,30)31)20(23(24)28)14-33-7-9-34(10-8-33)16(2)3/h5-6,11-12,15-16H,4,7-10,13-14H2,1-3H3. The predicted octanol–water partition coefficient (Wildman–Crippen LogP) is 6.41. The average molecular weight is 574 g/mol. The molecule has 0 spiro atoms. The number of halogens is 5. The summed E-state index contributed by atoms with van der Waals surface area (Å²) in [5.74, 6) is 0.819. The summed E-state index contributed by atoms with van der Waals surface area (Å²) in [5, 5.41) is 0.240. The monoisotopic (exact) mass is 572 g/mol. The fourth-order valence-electron chi connectivity index (χ4n) is 4.64. The third-order valence-corrected chi connectivity index (χ3v) is 8.29. The van der Waals surface area contributed by atoms with E-state index < -0.39 is 17.3 Å². The first-order valence-corrected chi connectivity index (χ1v) is 13.9. The molecule has 0 aliphatic carbocycles. The fourth-order valence-corrected chi connectivity index (χ4v) is 5.93. The lowest BCUT2D eigenvalue weighted by atomic mass is 10.0. The van der Waals surface area contributed by atoms with E-state index in [0.29, 0.717) is 24.2 Å². The maximum atomic E-state index is 14.2. The zero-order chi connectivity index (χ0) is 26.9. The first-order chi connectivity index (χ1) is 17.5. The van der Waals surface area contributed by atoms with Gasteiger partial charge < -0.3 is 0 Å². The molecule has 0 atom stereocenters. The Morgan fingerprint density at radius 1 is 1.08 bits per heavy atom. The largest absolute Gasteiger partial charge is 0.416 e. The highest BCUT2D eigenvalue weighted by atomic mass is 35.5. The van der Waals surface area contributed by atoms with Crippen LogP contribution in [0.5, 0.6) is 0 Å². The van der Waals surface area contributed by atoms with Gasteiger partial charge in [0.2, 0.25) is 0 Å². The number of aromatic nitrogens is 2. The lowest BCUT2D eigenvalue weighted by Gasteiger charge is -2.37. The van der Waals surface area contributed by atoms with Gasteiger partial charge in [0.1, 0.15) is 0 Å². The number of benzene rings is 2. The van der Waals surface area contributed by atoms with Crippen LogP contribution in [0.2, 0.25) is 10.0 Å². The van der Waals surface area contributed by atoms with Gasteiger partial charge in [0, 0.05) is 48.7 Å². The normalized spacial score (nSPS) is 15.7. The van der Waals surface area contributed by atoms with E-state index in [-0.39, 0.29) is 34.6 Å². The highest BCUT2D eigenvalue weighted by molar-refractivity contribution is 7.99. The molecular formula is C26H29Cl2F3N4OS. The molecule has 2 heterocycles. The van der Waals surface area contributed by atoms with Crippen molar-refractivity contribution in [2.24, 2.45) is 0 Å². The van der Waals surface area contributed by atoms with Crippen LogP contribution in [-0.4, -0.2) is 57.3 Å². The van der Waals surface area contributed by atoms with E-state index in [2.05, 4.69) is 23.7 Å². The average Bonchev–Trinajstić information content (AvgIpc) is 2.84. The van der Waals surface area contributed by atoms with Crippen molar-refractivity contribution < 1.29 is 13.2 Å². The van der Waals surface area contributed by atoms with Crippen LogP contribution >= 0.6 is 35.0 Å². The minimum Gasteiger partial charge on any atom is -0.298 e. The summed E-state index contributed by atoms with van der Waals surface area (Å²) in [6, 6.07) is 6.69. The van der Waals surface area contributed by atoms with Gasteiger partial charge in [0.05, 0.1) is 34.4 Å². The molecule has 2 aromatic carbocycles. The topological polar surface area (TPSA) is 41.4 Å². The maximum absolute atomic E-state index is 14.2. The number of hydrogen-bond donors (Lipinski definition) is 0. The highest BCUT2D eigenvalue weighted by Gasteiger charge is 2.36. The number of nitrogens with zero attached hydrogens (tertiary/aromatic N) is 4. The van der Waals surface area contributed by atoms with Gasteiger partial charge in [-0.2, -0.15) is 13.2 Å². The molecule has 1 fully saturated rings. The molecule has 1 aliphatic rings. The molecule has 11 heteroatoms. The van der Waals surface area contributed by atoms with Crippen molar-refractivity contribution in [2.45, 2.75) is 51.0 Å². The van der Waals surface area contributed by atoms with E-state index in [4.69, 9.17) is 23.2 Å². The summed E-state index contributed by atoms with van der Waals surface area (Å²) >= 11 is 14.3. The van der Waals surface area contributed by atoms with Crippen molar-refractivity contribution in [3.63, 3.8) is 0 Å². The Hall–Kier alpha value is -1.78. The molecule has 37 heavy (non-hydrogen) atoms. The molecule has 0 radical (unpaired) electrons. The van der Waals surface area contributed by atoms with E-state index in [1.165, 1.54) is 10.9 Å². The number of fused-ring (bicyclic) bond motifs is 1. The minimum absolute atomic E-state index is 0.0409. The second-order valence-electron chi connectivity index (χ2n) is 9.38. The van der Waals surface area contributed by atoms with Crippen LogP contribution in [0.1, 0.15) is 37.5 Å². The molecule has 0 unspecified atom stereocenters. The molecular weight excluding hydrogens is 544 g/mol. The summed E-state index contributed by atoms with van der Waals surface area (Å²) in [4.78, 5) is 22.9. The van der Waals surface area contributed by atoms with E-state index in [0.717, 1.165) is 35.4 Å². The summed E-state index contributed by atoms with van der Waals surface area (Å²) in [6.45, 7) is 9.20. The van der Waals surface area contributed by atoms with Gasteiger partial charge in [-0.15, -0.1) is 11.8 Å². The molecule has 200 valence electrons. The molecule has 0 amide bonds. The number of piperazine rings is 1. The van der Waals surface area contributed by atoms with Crippen LogP contribution in [0.25, 0.3) is 10.9 Å². The first kappa shape index (κ1) is 28.2. The predicted molar refractivity (Wildman–Crippen MR) is 145 cm³/mol. The zero-order valence-corrected chi connectivity index (χ0v) is 23.2. The quantitative estimate of drug-likeness (QED) is 0.306. The van der Waals surface area contributed by atoms with Crippen LogP contribution in [0.4, 0.5) is 13.2 Å². The molecule has 1 saturated heterocycles. The smallest absolute Gasteiger partial charge is 0.298 e.